The summed E-state index contributed by atoms with van der Waals surface area (Å²) in [5, 5.41) is 1.09. The van der Waals surface area contributed by atoms with Gasteiger partial charge in [0, 0.05) is 24.5 Å². The van der Waals surface area contributed by atoms with E-state index in [-0.39, 0.29) is 18.4 Å². The van der Waals surface area contributed by atoms with Crippen LogP contribution in [0, 0.1) is 5.92 Å². The SMILES string of the molecule is COc1ccc2oc(CN3CC(C)C(N)C3)cc2c1.Cl. The second kappa shape index (κ2) is 6.04. The van der Waals surface area contributed by atoms with Gasteiger partial charge in [-0.2, -0.15) is 0 Å². The average Bonchev–Trinajstić information content (AvgIpc) is 2.92. The summed E-state index contributed by atoms with van der Waals surface area (Å²) < 4.78 is 11.1. The molecule has 2 unspecified atom stereocenters. The summed E-state index contributed by atoms with van der Waals surface area (Å²) in [6.07, 6.45) is 0. The summed E-state index contributed by atoms with van der Waals surface area (Å²) in [4.78, 5) is 2.35. The first-order valence-electron chi connectivity index (χ1n) is 6.70. The Labute approximate surface area is 125 Å². The van der Waals surface area contributed by atoms with Gasteiger partial charge in [0.25, 0.3) is 0 Å². The van der Waals surface area contributed by atoms with E-state index in [1.807, 2.05) is 18.2 Å². The molecule has 2 atom stereocenters. The van der Waals surface area contributed by atoms with Gasteiger partial charge in [-0.15, -0.1) is 12.4 Å². The summed E-state index contributed by atoms with van der Waals surface area (Å²) in [7, 11) is 1.68. The third-order valence-electron chi connectivity index (χ3n) is 3.90. The largest absolute Gasteiger partial charge is 0.497 e. The third-order valence-corrected chi connectivity index (χ3v) is 3.90. The molecule has 1 aromatic heterocycles. The molecule has 3 rings (SSSR count). The molecular weight excluding hydrogens is 276 g/mol. The molecule has 1 aliphatic heterocycles. The number of hydrogen-bond acceptors (Lipinski definition) is 4. The van der Waals surface area contributed by atoms with Crippen LogP contribution in [0.15, 0.2) is 28.7 Å². The molecule has 20 heavy (non-hydrogen) atoms. The molecule has 0 spiro atoms. The lowest BCUT2D eigenvalue weighted by molar-refractivity contribution is 0.292. The van der Waals surface area contributed by atoms with Crippen LogP contribution in [0.1, 0.15) is 12.7 Å². The van der Waals surface area contributed by atoms with Gasteiger partial charge >= 0.3 is 0 Å². The lowest BCUT2D eigenvalue weighted by atomic mass is 10.1. The normalized spacial score (nSPS) is 22.9. The van der Waals surface area contributed by atoms with Crippen LogP contribution in [0.4, 0.5) is 0 Å². The molecule has 0 aliphatic carbocycles. The fraction of sp³-hybridized carbons (Fsp3) is 0.467. The first kappa shape index (κ1) is 15.2. The average molecular weight is 297 g/mol. The highest BCUT2D eigenvalue weighted by Gasteiger charge is 2.26. The number of nitrogens with two attached hydrogens (primary N) is 1. The fourth-order valence-electron chi connectivity index (χ4n) is 2.73. The molecule has 1 aromatic carbocycles. The maximum absolute atomic E-state index is 6.05. The summed E-state index contributed by atoms with van der Waals surface area (Å²) in [6, 6.07) is 8.25. The zero-order chi connectivity index (χ0) is 13.4. The van der Waals surface area contributed by atoms with Crippen LogP contribution in [0.3, 0.4) is 0 Å². The van der Waals surface area contributed by atoms with Gasteiger partial charge < -0.3 is 14.9 Å². The van der Waals surface area contributed by atoms with Crippen molar-refractivity contribution >= 4 is 23.4 Å². The smallest absolute Gasteiger partial charge is 0.134 e. The Morgan fingerprint density at radius 3 is 2.80 bits per heavy atom. The Balaban J connectivity index is 0.00000147. The molecule has 0 saturated carbocycles. The second-order valence-corrected chi connectivity index (χ2v) is 5.45. The Bertz CT molecular complexity index is 574. The van der Waals surface area contributed by atoms with Gasteiger partial charge in [-0.05, 0) is 30.2 Å². The van der Waals surface area contributed by atoms with Crippen LogP contribution < -0.4 is 10.5 Å². The molecule has 2 N–H and O–H groups in total. The predicted molar refractivity (Wildman–Crippen MR) is 82.4 cm³/mol. The second-order valence-electron chi connectivity index (χ2n) is 5.45. The van der Waals surface area contributed by atoms with E-state index in [9.17, 15) is 0 Å². The quantitative estimate of drug-likeness (QED) is 0.946. The Morgan fingerprint density at radius 2 is 2.15 bits per heavy atom. The van der Waals surface area contributed by atoms with Gasteiger partial charge in [0.05, 0.1) is 13.7 Å². The van der Waals surface area contributed by atoms with Gasteiger partial charge in [-0.1, -0.05) is 6.92 Å². The highest BCUT2D eigenvalue weighted by atomic mass is 35.5. The Hall–Kier alpha value is -1.23. The van der Waals surface area contributed by atoms with Gasteiger partial charge in [-0.3, -0.25) is 4.90 Å². The maximum Gasteiger partial charge on any atom is 0.134 e. The number of furan rings is 1. The number of hydrogen-bond donors (Lipinski definition) is 1. The van der Waals surface area contributed by atoms with Gasteiger partial charge in [-0.25, -0.2) is 0 Å². The van der Waals surface area contributed by atoms with E-state index in [1.165, 1.54) is 0 Å². The van der Waals surface area contributed by atoms with Gasteiger partial charge in [0.15, 0.2) is 0 Å². The van der Waals surface area contributed by atoms with E-state index in [0.29, 0.717) is 5.92 Å². The molecular formula is C15H21ClN2O2. The molecule has 5 heteroatoms. The number of likely N-dealkylation sites (tertiary alicyclic amines) is 1. The third kappa shape index (κ3) is 2.92. The fourth-order valence-corrected chi connectivity index (χ4v) is 2.73. The Kier molecular flexibility index (Phi) is 4.58. The molecule has 4 nitrogen and oxygen atoms in total. The molecule has 110 valence electrons. The van der Waals surface area contributed by atoms with Gasteiger partial charge in [0.1, 0.15) is 17.1 Å². The van der Waals surface area contributed by atoms with E-state index >= 15 is 0 Å². The summed E-state index contributed by atoms with van der Waals surface area (Å²) in [5.41, 5.74) is 6.96. The molecule has 0 radical (unpaired) electrons. The van der Waals surface area contributed by atoms with Crippen molar-refractivity contribution in [2.24, 2.45) is 11.7 Å². The molecule has 1 fully saturated rings. The number of nitrogens with zero attached hydrogens (tertiary/aromatic N) is 1. The van der Waals surface area contributed by atoms with E-state index in [0.717, 1.165) is 42.1 Å². The lowest BCUT2D eigenvalue weighted by Gasteiger charge is -2.12. The van der Waals surface area contributed by atoms with E-state index in [2.05, 4.69) is 17.9 Å². The zero-order valence-electron chi connectivity index (χ0n) is 11.8. The number of benzene rings is 1. The van der Waals surface area contributed by atoms with E-state index in [1.54, 1.807) is 7.11 Å². The van der Waals surface area contributed by atoms with Crippen LogP contribution in [-0.4, -0.2) is 31.1 Å². The minimum Gasteiger partial charge on any atom is -0.497 e. The highest BCUT2D eigenvalue weighted by Crippen LogP contribution is 2.26. The summed E-state index contributed by atoms with van der Waals surface area (Å²) in [5.74, 6) is 2.41. The van der Waals surface area contributed by atoms with Crippen molar-refractivity contribution in [3.05, 3.63) is 30.0 Å². The predicted octanol–water partition coefficient (Wildman–Crippen LogP) is 2.64. The van der Waals surface area contributed by atoms with Crippen molar-refractivity contribution < 1.29 is 9.15 Å². The number of rotatable bonds is 3. The Morgan fingerprint density at radius 1 is 1.35 bits per heavy atom. The molecule has 1 saturated heterocycles. The standard InChI is InChI=1S/C15H20N2O2.ClH/c1-10-7-17(9-14(10)16)8-13-6-11-5-12(18-2)3-4-15(11)19-13;/h3-6,10,14H,7-9,16H2,1-2H3;1H. The van der Waals surface area contributed by atoms with Crippen molar-refractivity contribution in [1.82, 2.24) is 4.90 Å². The minimum absolute atomic E-state index is 0. The van der Waals surface area contributed by atoms with Crippen molar-refractivity contribution in [2.45, 2.75) is 19.5 Å². The number of fused-ring (bicyclic) bond motifs is 1. The van der Waals surface area contributed by atoms with E-state index < -0.39 is 0 Å². The molecule has 2 heterocycles. The first-order valence-corrected chi connectivity index (χ1v) is 6.70. The van der Waals surface area contributed by atoms with Crippen molar-refractivity contribution in [3.8, 4) is 5.75 Å². The maximum atomic E-state index is 6.05. The monoisotopic (exact) mass is 296 g/mol. The molecule has 1 aliphatic rings. The number of halogens is 1. The topological polar surface area (TPSA) is 51.6 Å². The summed E-state index contributed by atoms with van der Waals surface area (Å²) in [6.45, 7) is 5.02. The van der Waals surface area contributed by atoms with Crippen molar-refractivity contribution in [1.29, 1.82) is 0 Å². The molecule has 0 bridgehead atoms. The van der Waals surface area contributed by atoms with Crippen LogP contribution in [0.25, 0.3) is 11.0 Å². The molecule has 0 amide bonds. The number of methoxy groups -OCH3 is 1. The zero-order valence-corrected chi connectivity index (χ0v) is 12.7. The van der Waals surface area contributed by atoms with Crippen LogP contribution >= 0.6 is 12.4 Å². The van der Waals surface area contributed by atoms with Crippen LogP contribution in [-0.2, 0) is 6.54 Å². The number of ether oxygens (including phenoxy) is 1. The van der Waals surface area contributed by atoms with Crippen molar-refractivity contribution in [3.63, 3.8) is 0 Å². The molecule has 2 aromatic rings. The highest BCUT2D eigenvalue weighted by molar-refractivity contribution is 5.85. The lowest BCUT2D eigenvalue weighted by Crippen LogP contribution is -2.28. The minimum atomic E-state index is 0. The first-order chi connectivity index (χ1) is 9.15. The van der Waals surface area contributed by atoms with Crippen LogP contribution in [0.5, 0.6) is 5.75 Å². The van der Waals surface area contributed by atoms with Crippen molar-refractivity contribution in [2.75, 3.05) is 20.2 Å². The van der Waals surface area contributed by atoms with E-state index in [4.69, 9.17) is 14.9 Å². The van der Waals surface area contributed by atoms with Crippen LogP contribution in [0.2, 0.25) is 0 Å². The summed E-state index contributed by atoms with van der Waals surface area (Å²) >= 11 is 0. The van der Waals surface area contributed by atoms with Gasteiger partial charge in [0.2, 0.25) is 0 Å².